The number of hydrogen-bond donors (Lipinski definition) is 0. The van der Waals surface area contributed by atoms with Crippen molar-refractivity contribution in [3.63, 3.8) is 0 Å². The highest BCUT2D eigenvalue weighted by Gasteiger charge is 2.29. The number of esters is 3. The standard InChI is InChI=1S/C32H39O5.C24H34O5.C6H5O.H2/c1-3-4-5-6-7-20-35-28-15-17-29(18-16-28)37-32(34)26-10-8-24(9-11-26)22-36-31-19-14-27(25-12-13-25)21-30(31)23(2)33;1-3-19-9-11-20(12-10-19)24(26)29-22-15-13-21(14-16-22)27-17-7-5-6-8-18-28-23(25)4-2;1-2-6(7)5-3-4-5;/h12-19,21,24,26H,3-11,20,22H2,1-2H3;4,13-16,19-20H,2-3,5-12,17-18H2,1H3;2-4H,1H2;1H. The average molecular weight is 1000 g/mol. The smallest absolute Gasteiger partial charge is 0.330 e. The molecule has 3 aromatic carbocycles. The fourth-order valence-electron chi connectivity index (χ4n) is 8.73. The Labute approximate surface area is 436 Å². The monoisotopic (exact) mass is 1000 g/mol. The maximum Gasteiger partial charge on any atom is 0.330 e. The van der Waals surface area contributed by atoms with Crippen molar-refractivity contribution in [3.05, 3.63) is 134 Å². The molecule has 0 aliphatic heterocycles. The summed E-state index contributed by atoms with van der Waals surface area (Å²) in [4.78, 5) is 58.4. The molecule has 73 heavy (non-hydrogen) atoms. The summed E-state index contributed by atoms with van der Waals surface area (Å²) in [6, 6.07) is 20.4. The van der Waals surface area contributed by atoms with E-state index >= 15 is 0 Å². The summed E-state index contributed by atoms with van der Waals surface area (Å²) in [5.74, 6) is 3.83. The molecule has 7 rings (SSSR count). The summed E-state index contributed by atoms with van der Waals surface area (Å²) >= 11 is 0. The van der Waals surface area contributed by atoms with Crippen LogP contribution in [0.4, 0.5) is 0 Å². The van der Waals surface area contributed by atoms with Gasteiger partial charge in [0.25, 0.3) is 0 Å². The SMILES string of the molecule is C=CC(=O)C1=C[CH]1.C=CC(=O)OCCCCCCOc1ccc(OC(=O)C2CCC(CC)CC2)cc1.CCCCCCCOc1ccc(OC(=O)C2CCC(COc3ccc(C4=C[CH]4)cc3C(C)=O)CC2)cc1.[HH]. The first-order valence-corrected chi connectivity index (χ1v) is 26.7. The van der Waals surface area contributed by atoms with Crippen molar-refractivity contribution in [2.45, 2.75) is 136 Å². The minimum absolute atomic E-state index is 0. The molecule has 2 saturated carbocycles. The fourth-order valence-corrected chi connectivity index (χ4v) is 8.73. The van der Waals surface area contributed by atoms with Crippen LogP contribution in [-0.4, -0.2) is 55.9 Å². The lowest BCUT2D eigenvalue weighted by atomic mass is 9.81. The van der Waals surface area contributed by atoms with Crippen molar-refractivity contribution in [3.8, 4) is 28.7 Å². The highest BCUT2D eigenvalue weighted by molar-refractivity contribution is 6.09. The number of unbranched alkanes of at least 4 members (excludes halogenated alkanes) is 7. The third-order valence-electron chi connectivity index (χ3n) is 13.6. The van der Waals surface area contributed by atoms with Crippen LogP contribution in [0.3, 0.4) is 0 Å². The number of allylic oxidation sites excluding steroid dienone is 5. The molecule has 0 saturated heterocycles. The van der Waals surface area contributed by atoms with Crippen LogP contribution in [0.5, 0.6) is 28.7 Å². The van der Waals surface area contributed by atoms with Crippen LogP contribution < -0.4 is 23.7 Å². The Morgan fingerprint density at radius 1 is 0.575 bits per heavy atom. The van der Waals surface area contributed by atoms with Gasteiger partial charge >= 0.3 is 17.9 Å². The van der Waals surface area contributed by atoms with Gasteiger partial charge in [0.05, 0.1) is 43.8 Å². The van der Waals surface area contributed by atoms with Gasteiger partial charge in [-0.2, -0.15) is 0 Å². The molecule has 11 heteroatoms. The summed E-state index contributed by atoms with van der Waals surface area (Å²) in [6.45, 7) is 15.0. The molecule has 0 heterocycles. The largest absolute Gasteiger partial charge is 0.494 e. The maximum atomic E-state index is 12.7. The summed E-state index contributed by atoms with van der Waals surface area (Å²) < 4.78 is 33.7. The van der Waals surface area contributed by atoms with Gasteiger partial charge < -0.3 is 28.4 Å². The maximum absolute atomic E-state index is 12.7. The Hall–Kier alpha value is -6.23. The zero-order valence-corrected chi connectivity index (χ0v) is 43.6. The van der Waals surface area contributed by atoms with Crippen molar-refractivity contribution >= 4 is 35.0 Å². The van der Waals surface area contributed by atoms with Crippen LogP contribution in [0.15, 0.2) is 110 Å². The Bertz CT molecular complexity index is 2300. The van der Waals surface area contributed by atoms with Gasteiger partial charge in [0.2, 0.25) is 0 Å². The second-order valence-corrected chi connectivity index (χ2v) is 19.2. The first-order valence-electron chi connectivity index (χ1n) is 26.7. The van der Waals surface area contributed by atoms with Crippen LogP contribution in [0.2, 0.25) is 0 Å². The average Bonchev–Trinajstić information content (AvgIpc) is 4.37. The topological polar surface area (TPSA) is 141 Å². The van der Waals surface area contributed by atoms with Gasteiger partial charge in [0.15, 0.2) is 11.6 Å². The molecule has 0 spiro atoms. The van der Waals surface area contributed by atoms with Crippen LogP contribution in [0.25, 0.3) is 5.57 Å². The highest BCUT2D eigenvalue weighted by Crippen LogP contribution is 2.35. The normalized spacial score (nSPS) is 18.3. The molecular formula is C62H80O11. The summed E-state index contributed by atoms with van der Waals surface area (Å²) in [5.41, 5.74) is 3.63. The molecule has 0 atom stereocenters. The van der Waals surface area contributed by atoms with E-state index in [0.29, 0.717) is 55.2 Å². The van der Waals surface area contributed by atoms with Crippen LogP contribution in [0.1, 0.15) is 154 Å². The molecule has 3 aromatic rings. The molecular weight excluding hydrogens is 921 g/mol. The minimum Gasteiger partial charge on any atom is -0.494 e. The van der Waals surface area contributed by atoms with E-state index in [2.05, 4.69) is 27.0 Å². The van der Waals surface area contributed by atoms with Crippen molar-refractivity contribution in [2.24, 2.45) is 23.7 Å². The Kier molecular flexibility index (Phi) is 25.3. The predicted octanol–water partition coefficient (Wildman–Crippen LogP) is 14.2. The molecule has 2 fully saturated rings. The number of carbonyl (C=O) groups is 5. The minimum atomic E-state index is -0.369. The Balaban J connectivity index is 0.000000285. The van der Waals surface area contributed by atoms with Crippen molar-refractivity contribution in [1.82, 2.24) is 0 Å². The van der Waals surface area contributed by atoms with E-state index in [0.717, 1.165) is 118 Å². The lowest BCUT2D eigenvalue weighted by molar-refractivity contribution is -0.141. The molecule has 4 aliphatic rings. The van der Waals surface area contributed by atoms with Crippen LogP contribution in [-0.2, 0) is 23.9 Å². The zero-order chi connectivity index (χ0) is 52.2. The number of ether oxygens (including phenoxy) is 6. The van der Waals surface area contributed by atoms with E-state index in [1.54, 1.807) is 43.7 Å². The third-order valence-corrected chi connectivity index (χ3v) is 13.6. The van der Waals surface area contributed by atoms with E-state index in [4.69, 9.17) is 28.4 Å². The molecule has 0 amide bonds. The van der Waals surface area contributed by atoms with Gasteiger partial charge in [0, 0.05) is 25.9 Å². The third kappa shape index (κ3) is 21.8. The number of benzene rings is 3. The number of hydrogen-bond acceptors (Lipinski definition) is 11. The van der Waals surface area contributed by atoms with Gasteiger partial charge in [-0.1, -0.05) is 77.3 Å². The fraction of sp³-hybridized carbons (Fsp3) is 0.468. The quantitative estimate of drug-likeness (QED) is 0.0226. The van der Waals surface area contributed by atoms with E-state index in [1.165, 1.54) is 44.3 Å². The van der Waals surface area contributed by atoms with Crippen molar-refractivity contribution in [2.75, 3.05) is 26.4 Å². The molecule has 0 N–H and O–H groups in total. The van der Waals surface area contributed by atoms with Gasteiger partial charge in [-0.25, -0.2) is 4.79 Å². The Morgan fingerprint density at radius 3 is 1.51 bits per heavy atom. The molecule has 0 bridgehead atoms. The second-order valence-electron chi connectivity index (χ2n) is 19.2. The molecule has 394 valence electrons. The van der Waals surface area contributed by atoms with Gasteiger partial charge in [-0.15, -0.1) is 0 Å². The van der Waals surface area contributed by atoms with Gasteiger partial charge in [-0.05, 0) is 180 Å². The Morgan fingerprint density at radius 2 is 1.07 bits per heavy atom. The van der Waals surface area contributed by atoms with E-state index < -0.39 is 0 Å². The van der Waals surface area contributed by atoms with Crippen LogP contribution in [0, 0.1) is 36.5 Å². The lowest BCUT2D eigenvalue weighted by Gasteiger charge is -2.27. The molecule has 2 radical (unpaired) electrons. The molecule has 11 nitrogen and oxygen atoms in total. The zero-order valence-electron chi connectivity index (χ0n) is 43.6. The number of rotatable bonds is 28. The molecule has 4 aliphatic carbocycles. The van der Waals surface area contributed by atoms with Crippen molar-refractivity contribution in [1.29, 1.82) is 0 Å². The van der Waals surface area contributed by atoms with E-state index in [-0.39, 0.29) is 42.7 Å². The first kappa shape index (κ1) is 57.7. The molecule has 0 aromatic heterocycles. The first-order chi connectivity index (χ1) is 35.5. The summed E-state index contributed by atoms with van der Waals surface area (Å²) in [6.07, 6.45) is 28.6. The summed E-state index contributed by atoms with van der Waals surface area (Å²) in [7, 11) is 0. The lowest BCUT2D eigenvalue weighted by Crippen LogP contribution is -2.27. The van der Waals surface area contributed by atoms with Crippen molar-refractivity contribution < 1.29 is 53.8 Å². The van der Waals surface area contributed by atoms with Gasteiger partial charge in [-0.3, -0.25) is 19.2 Å². The van der Waals surface area contributed by atoms with Crippen LogP contribution >= 0.6 is 0 Å². The number of ketones is 2. The summed E-state index contributed by atoms with van der Waals surface area (Å²) in [5, 5.41) is 0. The molecule has 0 unspecified atom stereocenters. The van der Waals surface area contributed by atoms with Gasteiger partial charge in [0.1, 0.15) is 28.7 Å². The van der Waals surface area contributed by atoms with E-state index in [1.807, 2.05) is 55.0 Å². The number of Topliss-reactive ketones (excluding diaryl/α,β-unsaturated/α-hetero) is 1. The predicted molar refractivity (Wildman–Crippen MR) is 289 cm³/mol. The second kappa shape index (κ2) is 32.1. The van der Waals surface area contributed by atoms with E-state index in [9.17, 15) is 24.0 Å². The number of carbonyl (C=O) groups excluding carboxylic acids is 5. The highest BCUT2D eigenvalue weighted by atomic mass is 16.5.